The van der Waals surface area contributed by atoms with E-state index in [1.807, 2.05) is 24.3 Å². The van der Waals surface area contributed by atoms with Gasteiger partial charge in [0, 0.05) is 30.9 Å². The molecule has 1 unspecified atom stereocenters. The summed E-state index contributed by atoms with van der Waals surface area (Å²) in [5, 5.41) is 12.2. The molecule has 1 aromatic carbocycles. The molecular formula is C14H17N3O. The molecule has 0 bridgehead atoms. The summed E-state index contributed by atoms with van der Waals surface area (Å²) in [4.78, 5) is 13.6. The van der Waals surface area contributed by atoms with E-state index in [2.05, 4.69) is 16.3 Å². The molecule has 4 nitrogen and oxygen atoms in total. The van der Waals surface area contributed by atoms with Crippen molar-refractivity contribution in [3.05, 3.63) is 29.8 Å². The number of carbonyl (C=O) groups excluding carboxylic acids is 1. The predicted octanol–water partition coefficient (Wildman–Crippen LogP) is 1.58. The number of benzene rings is 1. The molecule has 1 fully saturated rings. The van der Waals surface area contributed by atoms with E-state index in [1.165, 1.54) is 0 Å². The summed E-state index contributed by atoms with van der Waals surface area (Å²) in [7, 11) is 0. The van der Waals surface area contributed by atoms with Gasteiger partial charge in [0.25, 0.3) is 0 Å². The number of Topliss-reactive ketones (excluding diaryl/α,β-unsaturated/α-hetero) is 1. The van der Waals surface area contributed by atoms with Gasteiger partial charge in [0.15, 0.2) is 5.78 Å². The average Bonchev–Trinajstić information content (AvgIpc) is 2.40. The monoisotopic (exact) mass is 243 g/mol. The van der Waals surface area contributed by atoms with Crippen molar-refractivity contribution >= 4 is 11.5 Å². The number of rotatable bonds is 3. The first-order chi connectivity index (χ1) is 8.72. The van der Waals surface area contributed by atoms with Gasteiger partial charge in [-0.25, -0.2) is 0 Å². The number of piperazine rings is 1. The highest BCUT2D eigenvalue weighted by Gasteiger charge is 2.22. The summed E-state index contributed by atoms with van der Waals surface area (Å²) < 4.78 is 0. The van der Waals surface area contributed by atoms with Crippen molar-refractivity contribution in [3.8, 4) is 6.07 Å². The van der Waals surface area contributed by atoms with E-state index in [0.717, 1.165) is 30.9 Å². The Bertz CT molecular complexity index is 478. The Morgan fingerprint density at radius 3 is 3.17 bits per heavy atom. The molecule has 0 radical (unpaired) electrons. The molecule has 0 saturated carbocycles. The van der Waals surface area contributed by atoms with Crippen LogP contribution in [0.4, 0.5) is 5.69 Å². The van der Waals surface area contributed by atoms with E-state index in [0.29, 0.717) is 6.42 Å². The minimum atomic E-state index is 0.0730. The van der Waals surface area contributed by atoms with Crippen molar-refractivity contribution in [2.24, 2.45) is 0 Å². The minimum absolute atomic E-state index is 0.0730. The van der Waals surface area contributed by atoms with E-state index < -0.39 is 0 Å². The fraction of sp³-hybridized carbons (Fsp3) is 0.429. The Kier molecular flexibility index (Phi) is 3.96. The van der Waals surface area contributed by atoms with Gasteiger partial charge in [0.2, 0.25) is 0 Å². The zero-order valence-electron chi connectivity index (χ0n) is 10.5. The number of nitrogens with one attached hydrogen (secondary N) is 1. The molecular weight excluding hydrogens is 226 g/mol. The van der Waals surface area contributed by atoms with Gasteiger partial charge in [-0.05, 0) is 19.1 Å². The quantitative estimate of drug-likeness (QED) is 0.819. The maximum absolute atomic E-state index is 11.4. The Morgan fingerprint density at radius 1 is 1.61 bits per heavy atom. The van der Waals surface area contributed by atoms with Crippen LogP contribution in [0.2, 0.25) is 0 Å². The summed E-state index contributed by atoms with van der Waals surface area (Å²) in [6.07, 6.45) is 0.497. The lowest BCUT2D eigenvalue weighted by molar-refractivity contribution is 0.101. The summed E-state index contributed by atoms with van der Waals surface area (Å²) in [5.41, 5.74) is 1.76. The number of ketones is 1. The van der Waals surface area contributed by atoms with Gasteiger partial charge >= 0.3 is 0 Å². The number of nitrogens with zero attached hydrogens (tertiary/aromatic N) is 2. The van der Waals surface area contributed by atoms with Crippen molar-refractivity contribution in [1.29, 1.82) is 5.26 Å². The summed E-state index contributed by atoms with van der Waals surface area (Å²) in [5.74, 6) is 0.0730. The molecule has 0 spiro atoms. The average molecular weight is 243 g/mol. The molecule has 1 aliphatic rings. The Morgan fingerprint density at radius 2 is 2.44 bits per heavy atom. The number of carbonyl (C=O) groups is 1. The fourth-order valence-corrected chi connectivity index (χ4v) is 2.29. The molecule has 2 rings (SSSR count). The topological polar surface area (TPSA) is 56.1 Å². The van der Waals surface area contributed by atoms with E-state index in [9.17, 15) is 4.79 Å². The Balaban J connectivity index is 2.25. The molecule has 1 atom stereocenters. The SMILES string of the molecule is CC(=O)c1cccc(N2CCNCC2CC#N)c1. The lowest BCUT2D eigenvalue weighted by Crippen LogP contribution is -2.51. The number of hydrogen-bond acceptors (Lipinski definition) is 4. The second-order valence-corrected chi connectivity index (χ2v) is 4.52. The number of nitriles is 1. The molecule has 0 aliphatic carbocycles. The van der Waals surface area contributed by atoms with E-state index in [4.69, 9.17) is 5.26 Å². The van der Waals surface area contributed by atoms with Gasteiger partial charge in [-0.15, -0.1) is 0 Å². The smallest absolute Gasteiger partial charge is 0.159 e. The first kappa shape index (κ1) is 12.6. The van der Waals surface area contributed by atoms with Crippen LogP contribution in [0.3, 0.4) is 0 Å². The predicted molar refractivity (Wildman–Crippen MR) is 70.7 cm³/mol. The zero-order valence-corrected chi connectivity index (χ0v) is 10.5. The van der Waals surface area contributed by atoms with Crippen molar-refractivity contribution in [2.45, 2.75) is 19.4 Å². The largest absolute Gasteiger partial charge is 0.365 e. The standard InChI is InChI=1S/C14H17N3O/c1-11(18)12-3-2-4-13(9-12)17-8-7-16-10-14(17)5-6-15/h2-4,9,14,16H,5,7-8,10H2,1H3. The highest BCUT2D eigenvalue weighted by atomic mass is 16.1. The van der Waals surface area contributed by atoms with Gasteiger partial charge in [-0.2, -0.15) is 5.26 Å². The Hall–Kier alpha value is -1.86. The first-order valence-corrected chi connectivity index (χ1v) is 6.17. The van der Waals surface area contributed by atoms with E-state index in [1.54, 1.807) is 6.92 Å². The highest BCUT2D eigenvalue weighted by molar-refractivity contribution is 5.95. The van der Waals surface area contributed by atoms with Crippen LogP contribution in [0.15, 0.2) is 24.3 Å². The second-order valence-electron chi connectivity index (χ2n) is 4.52. The molecule has 1 heterocycles. The zero-order chi connectivity index (χ0) is 13.0. The first-order valence-electron chi connectivity index (χ1n) is 6.17. The summed E-state index contributed by atoms with van der Waals surface area (Å²) in [6.45, 7) is 4.17. The van der Waals surface area contributed by atoms with E-state index in [-0.39, 0.29) is 11.8 Å². The van der Waals surface area contributed by atoms with Gasteiger partial charge in [0.1, 0.15) is 0 Å². The number of anilines is 1. The van der Waals surface area contributed by atoms with Crippen LogP contribution in [0.5, 0.6) is 0 Å². The number of hydrogen-bond donors (Lipinski definition) is 1. The lowest BCUT2D eigenvalue weighted by atomic mass is 10.1. The van der Waals surface area contributed by atoms with Crippen LogP contribution in [0.1, 0.15) is 23.7 Å². The minimum Gasteiger partial charge on any atom is -0.365 e. The molecule has 4 heteroatoms. The van der Waals surface area contributed by atoms with Crippen molar-refractivity contribution in [3.63, 3.8) is 0 Å². The Labute approximate surface area is 107 Å². The van der Waals surface area contributed by atoms with Gasteiger partial charge in [0.05, 0.1) is 18.5 Å². The normalized spacial score (nSPS) is 19.3. The fourth-order valence-electron chi connectivity index (χ4n) is 2.29. The van der Waals surface area contributed by atoms with E-state index >= 15 is 0 Å². The molecule has 94 valence electrons. The molecule has 1 aliphatic heterocycles. The second kappa shape index (κ2) is 5.65. The molecule has 1 N–H and O–H groups in total. The van der Waals surface area contributed by atoms with Crippen LogP contribution in [-0.2, 0) is 0 Å². The van der Waals surface area contributed by atoms with Crippen LogP contribution in [0, 0.1) is 11.3 Å². The third-order valence-corrected chi connectivity index (χ3v) is 3.26. The highest BCUT2D eigenvalue weighted by Crippen LogP contribution is 2.21. The molecule has 1 aromatic rings. The van der Waals surface area contributed by atoms with Crippen LogP contribution < -0.4 is 10.2 Å². The molecule has 18 heavy (non-hydrogen) atoms. The lowest BCUT2D eigenvalue weighted by Gasteiger charge is -2.37. The van der Waals surface area contributed by atoms with Gasteiger partial charge in [-0.3, -0.25) is 4.79 Å². The van der Waals surface area contributed by atoms with Crippen LogP contribution in [-0.4, -0.2) is 31.5 Å². The van der Waals surface area contributed by atoms with Crippen molar-refractivity contribution < 1.29 is 4.79 Å². The maximum Gasteiger partial charge on any atom is 0.159 e. The van der Waals surface area contributed by atoms with Crippen LogP contribution in [0.25, 0.3) is 0 Å². The third-order valence-electron chi connectivity index (χ3n) is 3.26. The van der Waals surface area contributed by atoms with Crippen LogP contribution >= 0.6 is 0 Å². The van der Waals surface area contributed by atoms with Crippen molar-refractivity contribution in [1.82, 2.24) is 5.32 Å². The molecule has 1 saturated heterocycles. The summed E-state index contributed by atoms with van der Waals surface area (Å²) in [6, 6.07) is 10.1. The molecule has 0 amide bonds. The van der Waals surface area contributed by atoms with Gasteiger partial charge in [-0.1, -0.05) is 12.1 Å². The third kappa shape index (κ3) is 2.69. The van der Waals surface area contributed by atoms with Crippen molar-refractivity contribution in [2.75, 3.05) is 24.5 Å². The summed E-state index contributed by atoms with van der Waals surface area (Å²) >= 11 is 0. The molecule has 0 aromatic heterocycles. The van der Waals surface area contributed by atoms with Gasteiger partial charge < -0.3 is 10.2 Å². The maximum atomic E-state index is 11.4.